The van der Waals surface area contributed by atoms with Gasteiger partial charge in [-0.15, -0.1) is 0 Å². The molecule has 0 bridgehead atoms. The molecule has 1 aromatic rings. The number of imide groups is 1. The molecule has 1 saturated carbocycles. The van der Waals surface area contributed by atoms with E-state index in [9.17, 15) is 9.59 Å². The third-order valence-corrected chi connectivity index (χ3v) is 3.90. The quantitative estimate of drug-likeness (QED) is 0.767. The molecular formula is C15H17NO3. The van der Waals surface area contributed by atoms with Crippen LogP contribution >= 0.6 is 0 Å². The summed E-state index contributed by atoms with van der Waals surface area (Å²) in [5, 5.41) is 0. The second-order valence-corrected chi connectivity index (χ2v) is 5.18. The van der Waals surface area contributed by atoms with Crippen molar-refractivity contribution in [3.8, 4) is 0 Å². The first-order chi connectivity index (χ1) is 9.25. The van der Waals surface area contributed by atoms with Crippen molar-refractivity contribution in [2.75, 3.05) is 0 Å². The summed E-state index contributed by atoms with van der Waals surface area (Å²) >= 11 is 0. The Labute approximate surface area is 112 Å². The van der Waals surface area contributed by atoms with Crippen LogP contribution in [-0.4, -0.2) is 23.0 Å². The van der Waals surface area contributed by atoms with E-state index in [2.05, 4.69) is 0 Å². The Hall–Kier alpha value is -1.84. The Kier molecular flexibility index (Phi) is 3.23. The fraction of sp³-hybridized carbons (Fsp3) is 0.467. The van der Waals surface area contributed by atoms with E-state index in [4.69, 9.17) is 4.74 Å². The van der Waals surface area contributed by atoms with Crippen molar-refractivity contribution < 1.29 is 14.3 Å². The maximum Gasteiger partial charge on any atom is 0.417 e. The number of rotatable bonds is 2. The highest BCUT2D eigenvalue weighted by atomic mass is 16.6. The number of likely N-dealkylation sites (tertiary alicyclic amines) is 1. The number of carbonyl (C=O) groups excluding carboxylic acids is 2. The van der Waals surface area contributed by atoms with Crippen LogP contribution in [0.1, 0.15) is 43.7 Å². The normalized spacial score (nSPS) is 23.3. The van der Waals surface area contributed by atoms with Gasteiger partial charge >= 0.3 is 6.09 Å². The molecule has 1 aliphatic carbocycles. The molecule has 1 saturated heterocycles. The molecule has 0 N–H and O–H groups in total. The number of β-lactam (4-membered cyclic amide) rings is 1. The van der Waals surface area contributed by atoms with E-state index in [1.807, 2.05) is 30.3 Å². The molecular weight excluding hydrogens is 242 g/mol. The van der Waals surface area contributed by atoms with Gasteiger partial charge in [-0.25, -0.2) is 9.69 Å². The van der Waals surface area contributed by atoms with Crippen molar-refractivity contribution in [3.05, 3.63) is 35.9 Å². The van der Waals surface area contributed by atoms with E-state index in [0.717, 1.165) is 31.2 Å². The van der Waals surface area contributed by atoms with Crippen LogP contribution in [0, 0.1) is 0 Å². The molecule has 3 rings (SSSR count). The maximum atomic E-state index is 12.1. The molecule has 100 valence electrons. The third kappa shape index (κ3) is 2.35. The predicted octanol–water partition coefficient (Wildman–Crippen LogP) is 3.04. The Bertz CT molecular complexity index is 479. The SMILES string of the molecule is O=C1C[C@H](c2ccccc2)N1C(=O)OC1CCCC1. The number of nitrogens with zero attached hydrogens (tertiary/aromatic N) is 1. The number of hydrogen-bond acceptors (Lipinski definition) is 3. The number of hydrogen-bond donors (Lipinski definition) is 0. The molecule has 1 aromatic carbocycles. The molecule has 0 unspecified atom stereocenters. The van der Waals surface area contributed by atoms with Gasteiger partial charge in [0.2, 0.25) is 5.91 Å². The van der Waals surface area contributed by atoms with Gasteiger partial charge in [0.15, 0.2) is 0 Å². The van der Waals surface area contributed by atoms with Gasteiger partial charge in [-0.05, 0) is 31.2 Å². The fourth-order valence-corrected chi connectivity index (χ4v) is 2.79. The molecule has 1 heterocycles. The van der Waals surface area contributed by atoms with Gasteiger partial charge in [0.05, 0.1) is 12.5 Å². The summed E-state index contributed by atoms with van der Waals surface area (Å²) in [4.78, 5) is 25.0. The first-order valence-corrected chi connectivity index (χ1v) is 6.83. The van der Waals surface area contributed by atoms with Crippen LogP contribution < -0.4 is 0 Å². The lowest BCUT2D eigenvalue weighted by Gasteiger charge is -2.38. The van der Waals surface area contributed by atoms with Crippen molar-refractivity contribution in [1.82, 2.24) is 4.90 Å². The average Bonchev–Trinajstić information content (AvgIpc) is 2.89. The van der Waals surface area contributed by atoms with Crippen LogP contribution in [0.3, 0.4) is 0 Å². The minimum absolute atomic E-state index is 0.00248. The molecule has 2 aliphatic rings. The number of ether oxygens (including phenoxy) is 1. The molecule has 2 amide bonds. The van der Waals surface area contributed by atoms with Crippen molar-refractivity contribution in [3.63, 3.8) is 0 Å². The van der Waals surface area contributed by atoms with Crippen LogP contribution in [0.25, 0.3) is 0 Å². The van der Waals surface area contributed by atoms with Crippen LogP contribution in [0.2, 0.25) is 0 Å². The highest BCUT2D eigenvalue weighted by Gasteiger charge is 2.43. The summed E-state index contributed by atoms with van der Waals surface area (Å²) in [6.07, 6.45) is 3.97. The first kappa shape index (κ1) is 12.2. The van der Waals surface area contributed by atoms with Gasteiger partial charge in [-0.3, -0.25) is 4.79 Å². The van der Waals surface area contributed by atoms with Gasteiger partial charge < -0.3 is 4.74 Å². The Morgan fingerprint density at radius 3 is 2.47 bits per heavy atom. The molecule has 4 nitrogen and oxygen atoms in total. The van der Waals surface area contributed by atoms with E-state index in [1.54, 1.807) is 0 Å². The molecule has 0 spiro atoms. The number of carbonyl (C=O) groups is 2. The zero-order valence-electron chi connectivity index (χ0n) is 10.7. The predicted molar refractivity (Wildman–Crippen MR) is 69.4 cm³/mol. The molecule has 19 heavy (non-hydrogen) atoms. The van der Waals surface area contributed by atoms with E-state index in [1.165, 1.54) is 4.90 Å². The van der Waals surface area contributed by atoms with E-state index in [-0.39, 0.29) is 18.1 Å². The van der Waals surface area contributed by atoms with E-state index < -0.39 is 6.09 Å². The van der Waals surface area contributed by atoms with Gasteiger partial charge in [0, 0.05) is 0 Å². The van der Waals surface area contributed by atoms with Crippen molar-refractivity contribution in [1.29, 1.82) is 0 Å². The lowest BCUT2D eigenvalue weighted by Crippen LogP contribution is -2.50. The van der Waals surface area contributed by atoms with Crippen molar-refractivity contribution in [2.24, 2.45) is 0 Å². The van der Waals surface area contributed by atoms with Crippen LogP contribution in [-0.2, 0) is 9.53 Å². The third-order valence-electron chi connectivity index (χ3n) is 3.90. The minimum Gasteiger partial charge on any atom is -0.446 e. The summed E-state index contributed by atoms with van der Waals surface area (Å²) in [6, 6.07) is 9.48. The Balaban J connectivity index is 1.68. The summed E-state index contributed by atoms with van der Waals surface area (Å²) in [5.41, 5.74) is 0.991. The molecule has 0 radical (unpaired) electrons. The van der Waals surface area contributed by atoms with Crippen molar-refractivity contribution in [2.45, 2.75) is 44.2 Å². The minimum atomic E-state index is -0.475. The Morgan fingerprint density at radius 2 is 1.84 bits per heavy atom. The zero-order valence-corrected chi connectivity index (χ0v) is 10.7. The smallest absolute Gasteiger partial charge is 0.417 e. The van der Waals surface area contributed by atoms with Gasteiger partial charge in [-0.2, -0.15) is 0 Å². The molecule has 1 atom stereocenters. The second-order valence-electron chi connectivity index (χ2n) is 5.18. The summed E-state index contributed by atoms with van der Waals surface area (Å²) < 4.78 is 5.40. The summed E-state index contributed by atoms with van der Waals surface area (Å²) in [7, 11) is 0. The van der Waals surface area contributed by atoms with E-state index in [0.29, 0.717) is 6.42 Å². The molecule has 1 aliphatic heterocycles. The van der Waals surface area contributed by atoms with Crippen LogP contribution in [0.4, 0.5) is 4.79 Å². The maximum absolute atomic E-state index is 12.1. The lowest BCUT2D eigenvalue weighted by atomic mass is 9.95. The summed E-state index contributed by atoms with van der Waals surface area (Å²) in [5.74, 6) is -0.142. The van der Waals surface area contributed by atoms with E-state index >= 15 is 0 Å². The zero-order chi connectivity index (χ0) is 13.2. The van der Waals surface area contributed by atoms with Gasteiger partial charge in [0.25, 0.3) is 0 Å². The van der Waals surface area contributed by atoms with Gasteiger partial charge in [-0.1, -0.05) is 30.3 Å². The van der Waals surface area contributed by atoms with Gasteiger partial charge in [0.1, 0.15) is 6.10 Å². The highest BCUT2D eigenvalue weighted by Crippen LogP contribution is 2.35. The largest absolute Gasteiger partial charge is 0.446 e. The molecule has 4 heteroatoms. The molecule has 2 fully saturated rings. The standard InChI is InChI=1S/C15H17NO3/c17-14-10-13(11-6-2-1-3-7-11)16(14)15(18)19-12-8-4-5-9-12/h1-3,6-7,12-13H,4-5,8-10H2/t13-/m1/s1. The van der Waals surface area contributed by atoms with Crippen molar-refractivity contribution >= 4 is 12.0 Å². The lowest BCUT2D eigenvalue weighted by molar-refractivity contribution is -0.143. The number of benzene rings is 1. The summed E-state index contributed by atoms with van der Waals surface area (Å²) in [6.45, 7) is 0. The monoisotopic (exact) mass is 259 g/mol. The average molecular weight is 259 g/mol. The first-order valence-electron chi connectivity index (χ1n) is 6.83. The highest BCUT2D eigenvalue weighted by molar-refractivity contribution is 5.98. The topological polar surface area (TPSA) is 46.6 Å². The Morgan fingerprint density at radius 1 is 1.16 bits per heavy atom. The van der Waals surface area contributed by atoms with Crippen LogP contribution in [0.15, 0.2) is 30.3 Å². The molecule has 0 aromatic heterocycles. The number of amides is 2. The second kappa shape index (κ2) is 5.03. The fourth-order valence-electron chi connectivity index (χ4n) is 2.79. The van der Waals surface area contributed by atoms with Crippen LogP contribution in [0.5, 0.6) is 0 Å².